The number of ether oxygens (including phenoxy) is 7. The van der Waals surface area contributed by atoms with E-state index in [1.165, 1.54) is 31.2 Å². The molecule has 15 nitrogen and oxygen atoms in total. The topological polar surface area (TPSA) is 189 Å². The van der Waals surface area contributed by atoms with Gasteiger partial charge in [-0.1, -0.05) is 36.9 Å². The molecule has 1 aliphatic heterocycles. The fraction of sp³-hybridized carbons (Fsp3) is 0.344. The lowest BCUT2D eigenvalue weighted by molar-refractivity contribution is -0.387. The van der Waals surface area contributed by atoms with Gasteiger partial charge in [0.25, 0.3) is 0 Å². The van der Waals surface area contributed by atoms with E-state index in [0.29, 0.717) is 16.5 Å². The lowest BCUT2D eigenvalue weighted by Crippen LogP contribution is -2.55. The van der Waals surface area contributed by atoms with Crippen LogP contribution in [0.2, 0.25) is 0 Å². The maximum atomic E-state index is 12.7. The minimum Gasteiger partial charge on any atom is -0.486 e. The number of para-hydroxylation sites is 1. The number of nitro groups is 1. The summed E-state index contributed by atoms with van der Waals surface area (Å²) in [6.45, 7) is 6.51. The van der Waals surface area contributed by atoms with E-state index in [9.17, 15) is 29.3 Å². The second-order valence-corrected chi connectivity index (χ2v) is 10.3. The van der Waals surface area contributed by atoms with Crippen molar-refractivity contribution < 1.29 is 57.3 Å². The third kappa shape index (κ3) is 9.23. The van der Waals surface area contributed by atoms with Crippen molar-refractivity contribution in [3.05, 3.63) is 82.6 Å². The zero-order chi connectivity index (χ0) is 34.1. The quantitative estimate of drug-likeness (QED) is 0.0847. The molecule has 47 heavy (non-hydrogen) atoms. The summed E-state index contributed by atoms with van der Waals surface area (Å²) in [5.74, 6) is -2.94. The van der Waals surface area contributed by atoms with Gasteiger partial charge in [-0.2, -0.15) is 0 Å². The second-order valence-electron chi connectivity index (χ2n) is 10.3. The molecule has 0 radical (unpaired) electrons. The molecule has 1 fully saturated rings. The van der Waals surface area contributed by atoms with Gasteiger partial charge < -0.3 is 33.2 Å². The molecule has 0 saturated carbocycles. The average Bonchev–Trinajstić information content (AvgIpc) is 3.02. The first-order valence-corrected chi connectivity index (χ1v) is 14.3. The van der Waals surface area contributed by atoms with E-state index >= 15 is 0 Å². The lowest BCUT2D eigenvalue weighted by Gasteiger charge is -2.39. The van der Waals surface area contributed by atoms with E-state index in [1.54, 1.807) is 30.3 Å². The number of nitro benzene ring substituents is 1. The van der Waals surface area contributed by atoms with Crippen LogP contribution in [-0.4, -0.2) is 71.6 Å². The number of nitrogens with zero attached hydrogens (tertiary/aromatic N) is 2. The number of esters is 4. The molecule has 0 bridgehead atoms. The van der Waals surface area contributed by atoms with Crippen molar-refractivity contribution in [2.75, 3.05) is 13.2 Å². The Hall–Kier alpha value is -5.57. The Morgan fingerprint density at radius 3 is 2.43 bits per heavy atom. The zero-order valence-corrected chi connectivity index (χ0v) is 25.7. The Bertz CT molecular complexity index is 1670. The summed E-state index contributed by atoms with van der Waals surface area (Å²) in [6.07, 6.45) is -3.36. The number of rotatable bonds is 13. The number of carbonyl (C=O) groups is 4. The third-order valence-electron chi connectivity index (χ3n) is 6.62. The fourth-order valence-electron chi connectivity index (χ4n) is 4.69. The molecule has 2 heterocycles. The van der Waals surface area contributed by atoms with Gasteiger partial charge in [-0.25, -0.2) is 9.78 Å². The summed E-state index contributed by atoms with van der Waals surface area (Å²) in [5, 5.41) is 12.8. The summed E-state index contributed by atoms with van der Waals surface area (Å²) in [6, 6.07) is 12.6. The lowest BCUT2D eigenvalue weighted by atomic mass is 10.0. The minimum atomic E-state index is -1.49. The number of benzene rings is 2. The predicted molar refractivity (Wildman–Crippen MR) is 161 cm³/mol. The van der Waals surface area contributed by atoms with E-state index < -0.39 is 59.1 Å². The fourth-order valence-corrected chi connectivity index (χ4v) is 4.69. The largest absolute Gasteiger partial charge is 0.486 e. The zero-order valence-electron chi connectivity index (χ0n) is 25.7. The van der Waals surface area contributed by atoms with Crippen LogP contribution in [-0.2, 0) is 44.7 Å². The molecule has 0 unspecified atom stereocenters. The van der Waals surface area contributed by atoms with Crippen molar-refractivity contribution in [3.8, 4) is 11.5 Å². The Morgan fingerprint density at radius 2 is 1.74 bits per heavy atom. The number of hydrogen-bond acceptors (Lipinski definition) is 14. The van der Waals surface area contributed by atoms with Crippen LogP contribution in [0.5, 0.6) is 11.5 Å². The molecule has 4 rings (SSSR count). The summed E-state index contributed by atoms with van der Waals surface area (Å²) in [5.41, 5.74) is 0.279. The molecule has 1 saturated heterocycles. The van der Waals surface area contributed by atoms with Gasteiger partial charge >= 0.3 is 29.6 Å². The first-order valence-electron chi connectivity index (χ1n) is 14.3. The molecule has 3 aromatic rings. The van der Waals surface area contributed by atoms with Crippen molar-refractivity contribution in [2.24, 2.45) is 0 Å². The van der Waals surface area contributed by atoms with Crippen LogP contribution in [0.1, 0.15) is 43.2 Å². The Morgan fingerprint density at radius 1 is 1.00 bits per heavy atom. The SMILES string of the molecule is C=CCOC(=O)c1nc2ccccc2cc1OCc1ccc(O[C@@H]2O[C@H](COC(C)=O)C[C@H](OC(C)=O)[C@H]2OC(C)=O)c([N+](=O)[O-])c1. The van der Waals surface area contributed by atoms with Gasteiger partial charge in [0.2, 0.25) is 12.4 Å². The Labute approximate surface area is 268 Å². The van der Waals surface area contributed by atoms with Crippen molar-refractivity contribution in [1.82, 2.24) is 4.98 Å². The maximum absolute atomic E-state index is 12.7. The van der Waals surface area contributed by atoms with Gasteiger partial charge in [-0.15, -0.1) is 0 Å². The van der Waals surface area contributed by atoms with E-state index in [-0.39, 0.29) is 43.4 Å². The van der Waals surface area contributed by atoms with Gasteiger partial charge in [0.1, 0.15) is 25.9 Å². The first-order chi connectivity index (χ1) is 22.4. The number of fused-ring (bicyclic) bond motifs is 1. The molecule has 0 amide bonds. The molecule has 0 spiro atoms. The van der Waals surface area contributed by atoms with Crippen molar-refractivity contribution in [2.45, 2.75) is 58.4 Å². The normalized spacial score (nSPS) is 18.8. The van der Waals surface area contributed by atoms with E-state index in [0.717, 1.165) is 13.8 Å². The molecule has 0 aliphatic carbocycles. The highest BCUT2D eigenvalue weighted by atomic mass is 16.7. The van der Waals surface area contributed by atoms with Crippen LogP contribution in [0.25, 0.3) is 10.9 Å². The Kier molecular flexibility index (Phi) is 11.4. The highest BCUT2D eigenvalue weighted by Gasteiger charge is 2.45. The van der Waals surface area contributed by atoms with E-state index in [4.69, 9.17) is 33.2 Å². The van der Waals surface area contributed by atoms with Crippen molar-refractivity contribution in [3.63, 3.8) is 0 Å². The number of pyridine rings is 1. The maximum Gasteiger partial charge on any atom is 0.361 e. The van der Waals surface area contributed by atoms with E-state index in [1.807, 2.05) is 0 Å². The second kappa shape index (κ2) is 15.6. The van der Waals surface area contributed by atoms with Crippen molar-refractivity contribution in [1.29, 1.82) is 0 Å². The van der Waals surface area contributed by atoms with Gasteiger partial charge in [-0.3, -0.25) is 24.5 Å². The molecule has 4 atom stereocenters. The standard InChI is InChI=1S/C32H32N2O13/c1-5-12-41-31(38)29-27(14-22-8-6-7-9-24(22)33-29)43-16-21-10-11-26(25(13-21)34(39)40)47-32-30(45-20(4)37)28(44-19(3)36)15-23(46-32)17-42-18(2)35/h5-11,13-14,23,28,30,32H,1,12,15-17H2,2-4H3/t23-,28-,30+,32-/m0/s1. The number of carbonyl (C=O) groups excluding carboxylic acids is 4. The van der Waals surface area contributed by atoms with Crippen LogP contribution < -0.4 is 9.47 Å². The van der Waals surface area contributed by atoms with Gasteiger partial charge in [0.05, 0.1) is 16.5 Å². The highest BCUT2D eigenvalue weighted by Crippen LogP contribution is 2.34. The summed E-state index contributed by atoms with van der Waals surface area (Å²) in [7, 11) is 0. The summed E-state index contributed by atoms with van der Waals surface area (Å²) in [4.78, 5) is 63.7. The average molecular weight is 653 g/mol. The highest BCUT2D eigenvalue weighted by molar-refractivity contribution is 5.94. The summed E-state index contributed by atoms with van der Waals surface area (Å²) >= 11 is 0. The van der Waals surface area contributed by atoms with Gasteiger partial charge in [-0.05, 0) is 23.8 Å². The molecule has 2 aromatic carbocycles. The molecule has 248 valence electrons. The molecule has 1 aromatic heterocycles. The number of hydrogen-bond donors (Lipinski definition) is 0. The smallest absolute Gasteiger partial charge is 0.361 e. The van der Waals surface area contributed by atoms with Crippen LogP contribution in [0.4, 0.5) is 5.69 Å². The first kappa shape index (κ1) is 34.3. The predicted octanol–water partition coefficient (Wildman–Crippen LogP) is 3.99. The molecular weight excluding hydrogens is 620 g/mol. The van der Waals surface area contributed by atoms with Crippen molar-refractivity contribution >= 4 is 40.5 Å². The van der Waals surface area contributed by atoms with E-state index in [2.05, 4.69) is 11.6 Å². The van der Waals surface area contributed by atoms with Gasteiger partial charge in [0, 0.05) is 38.6 Å². The third-order valence-corrected chi connectivity index (χ3v) is 6.62. The molecule has 15 heteroatoms. The summed E-state index contributed by atoms with van der Waals surface area (Å²) < 4.78 is 38.5. The van der Waals surface area contributed by atoms with Crippen LogP contribution in [0, 0.1) is 10.1 Å². The molecular formula is C32H32N2O13. The monoisotopic (exact) mass is 652 g/mol. The van der Waals surface area contributed by atoms with Gasteiger partial charge in [0.15, 0.2) is 17.2 Å². The van der Waals surface area contributed by atoms with Crippen LogP contribution in [0.15, 0.2) is 61.2 Å². The molecule has 1 aliphatic rings. The molecule has 0 N–H and O–H groups in total. The number of aromatic nitrogens is 1. The van der Waals surface area contributed by atoms with Crippen LogP contribution >= 0.6 is 0 Å². The Balaban J connectivity index is 1.61. The van der Waals surface area contributed by atoms with Crippen LogP contribution in [0.3, 0.4) is 0 Å². The minimum absolute atomic E-state index is 0.0181.